The Bertz CT molecular complexity index is 1060. The molecule has 7 nitrogen and oxygen atoms in total. The summed E-state index contributed by atoms with van der Waals surface area (Å²) < 4.78 is 28.8. The number of likely N-dealkylation sites (tertiary alicyclic amines) is 1. The molecule has 2 N–H and O–H groups in total. The maximum Gasteiger partial charge on any atom is 0.257 e. The van der Waals surface area contributed by atoms with Crippen molar-refractivity contribution in [3.63, 3.8) is 0 Å². The highest BCUT2D eigenvalue weighted by molar-refractivity contribution is 6.02. The molecule has 9 heteroatoms. The van der Waals surface area contributed by atoms with Gasteiger partial charge in [0.15, 0.2) is 0 Å². The third-order valence-electron chi connectivity index (χ3n) is 6.57. The van der Waals surface area contributed by atoms with E-state index < -0.39 is 17.7 Å². The van der Waals surface area contributed by atoms with Crippen LogP contribution >= 0.6 is 0 Å². The van der Waals surface area contributed by atoms with Crippen LogP contribution in [-0.2, 0) is 13.0 Å². The van der Waals surface area contributed by atoms with E-state index in [-0.39, 0.29) is 17.0 Å². The van der Waals surface area contributed by atoms with Gasteiger partial charge in [0.2, 0.25) is 0 Å². The number of aliphatic hydroxyl groups is 1. The van der Waals surface area contributed by atoms with E-state index in [1.807, 2.05) is 6.92 Å². The lowest BCUT2D eigenvalue weighted by Crippen LogP contribution is -2.39. The maximum absolute atomic E-state index is 13.6. The number of benzene rings is 1. The first-order valence-electron chi connectivity index (χ1n) is 11.1. The zero-order valence-corrected chi connectivity index (χ0v) is 18.1. The van der Waals surface area contributed by atoms with Crippen molar-refractivity contribution < 1.29 is 19.1 Å². The molecule has 4 rings (SSSR count). The molecule has 0 bridgehead atoms. The van der Waals surface area contributed by atoms with Crippen LogP contribution in [-0.4, -0.2) is 50.1 Å². The number of aryl methyl sites for hydroxylation is 1. The van der Waals surface area contributed by atoms with Crippen molar-refractivity contribution in [1.82, 2.24) is 14.5 Å². The number of hydrogen-bond donors (Lipinski definition) is 2. The summed E-state index contributed by atoms with van der Waals surface area (Å²) in [5.74, 6) is -1.04. The zero-order valence-electron chi connectivity index (χ0n) is 18.1. The van der Waals surface area contributed by atoms with Crippen LogP contribution in [0.25, 0.3) is 0 Å². The zero-order chi connectivity index (χ0) is 22.8. The molecule has 32 heavy (non-hydrogen) atoms. The third-order valence-corrected chi connectivity index (χ3v) is 6.57. The lowest BCUT2D eigenvalue weighted by atomic mass is 9.88. The Morgan fingerprint density at radius 2 is 1.84 bits per heavy atom. The van der Waals surface area contributed by atoms with Crippen molar-refractivity contribution in [1.29, 1.82) is 0 Å². The highest BCUT2D eigenvalue weighted by atomic mass is 19.1. The fourth-order valence-electron chi connectivity index (χ4n) is 4.83. The summed E-state index contributed by atoms with van der Waals surface area (Å²) in [5.41, 5.74) is 1.84. The number of nitrogens with zero attached hydrogens (tertiary/aromatic N) is 4. The first-order valence-corrected chi connectivity index (χ1v) is 11.1. The van der Waals surface area contributed by atoms with Crippen LogP contribution in [0.4, 0.5) is 8.78 Å². The molecule has 1 saturated heterocycles. The standard InChI is InChI=1S/C23H28F2N4O3/c1-14-19(23(31)29-7-2-3-20(30)22(29)26-14)6-10-28-8-4-15(5-9-28)21(27-32)16-11-17(24)13-18(25)12-16/h11-13,15,20,30,32H,2-10H2,1H3/b27-21-. The van der Waals surface area contributed by atoms with Crippen LogP contribution < -0.4 is 5.56 Å². The number of fused-ring (bicyclic) bond motifs is 1. The van der Waals surface area contributed by atoms with E-state index >= 15 is 0 Å². The van der Waals surface area contributed by atoms with Crippen molar-refractivity contribution >= 4 is 5.71 Å². The van der Waals surface area contributed by atoms with Gasteiger partial charge in [-0.2, -0.15) is 0 Å². The van der Waals surface area contributed by atoms with Gasteiger partial charge in [0.1, 0.15) is 23.6 Å². The first kappa shape index (κ1) is 22.5. The molecule has 2 aliphatic heterocycles. The van der Waals surface area contributed by atoms with Crippen molar-refractivity contribution in [3.05, 3.63) is 62.8 Å². The van der Waals surface area contributed by atoms with Crippen LogP contribution in [0.2, 0.25) is 0 Å². The Hall–Kier alpha value is -2.65. The molecule has 3 heterocycles. The van der Waals surface area contributed by atoms with Crippen LogP contribution in [0.15, 0.2) is 28.1 Å². The second kappa shape index (κ2) is 9.46. The van der Waals surface area contributed by atoms with Gasteiger partial charge in [-0.25, -0.2) is 13.8 Å². The summed E-state index contributed by atoms with van der Waals surface area (Å²) in [5, 5.41) is 23.0. The fourth-order valence-corrected chi connectivity index (χ4v) is 4.83. The molecule has 2 aromatic rings. The lowest BCUT2D eigenvalue weighted by molar-refractivity contribution is 0.129. The highest BCUT2D eigenvalue weighted by Gasteiger charge is 2.27. The molecule has 0 radical (unpaired) electrons. The van der Waals surface area contributed by atoms with Gasteiger partial charge in [0.05, 0.1) is 5.71 Å². The second-order valence-electron chi connectivity index (χ2n) is 8.66. The van der Waals surface area contributed by atoms with E-state index in [1.54, 1.807) is 4.57 Å². The molecule has 1 atom stereocenters. The maximum atomic E-state index is 13.6. The molecule has 172 valence electrons. The Morgan fingerprint density at radius 3 is 2.50 bits per heavy atom. The normalized spacial score (nSPS) is 20.4. The Balaban J connectivity index is 1.39. The van der Waals surface area contributed by atoms with Gasteiger partial charge >= 0.3 is 0 Å². The van der Waals surface area contributed by atoms with Crippen LogP contribution in [0.3, 0.4) is 0 Å². The van der Waals surface area contributed by atoms with Gasteiger partial charge in [-0.3, -0.25) is 9.36 Å². The average Bonchev–Trinajstić information content (AvgIpc) is 2.75. The Morgan fingerprint density at radius 1 is 1.16 bits per heavy atom. The molecular formula is C23H28F2N4O3. The van der Waals surface area contributed by atoms with Crippen molar-refractivity contribution in [3.8, 4) is 0 Å². The van der Waals surface area contributed by atoms with Crippen LogP contribution in [0.1, 0.15) is 54.4 Å². The summed E-state index contributed by atoms with van der Waals surface area (Å²) >= 11 is 0. The minimum Gasteiger partial charge on any atom is -0.411 e. The van der Waals surface area contributed by atoms with Gasteiger partial charge in [-0.05, 0) is 64.3 Å². The number of halogens is 2. The fraction of sp³-hybridized carbons (Fsp3) is 0.522. The van der Waals surface area contributed by atoms with Gasteiger partial charge < -0.3 is 15.2 Å². The van der Waals surface area contributed by atoms with Gasteiger partial charge in [-0.1, -0.05) is 5.16 Å². The highest BCUT2D eigenvalue weighted by Crippen LogP contribution is 2.25. The van der Waals surface area contributed by atoms with E-state index in [0.717, 1.165) is 25.6 Å². The van der Waals surface area contributed by atoms with E-state index in [9.17, 15) is 23.9 Å². The second-order valence-corrected chi connectivity index (χ2v) is 8.66. The minimum absolute atomic E-state index is 0.0658. The van der Waals surface area contributed by atoms with Gasteiger partial charge in [0.25, 0.3) is 5.56 Å². The number of oxime groups is 1. The lowest BCUT2D eigenvalue weighted by Gasteiger charge is -2.32. The topological polar surface area (TPSA) is 91.0 Å². The predicted octanol–water partition coefficient (Wildman–Crippen LogP) is 2.79. The summed E-state index contributed by atoms with van der Waals surface area (Å²) in [6.45, 7) is 4.53. The molecular weight excluding hydrogens is 418 g/mol. The Kier molecular flexibility index (Phi) is 6.66. The van der Waals surface area contributed by atoms with Crippen LogP contribution in [0.5, 0.6) is 0 Å². The summed E-state index contributed by atoms with van der Waals surface area (Å²) in [4.78, 5) is 19.7. The smallest absolute Gasteiger partial charge is 0.257 e. The summed E-state index contributed by atoms with van der Waals surface area (Å²) in [6.07, 6.45) is 2.64. The van der Waals surface area contributed by atoms with E-state index in [4.69, 9.17) is 0 Å². The van der Waals surface area contributed by atoms with Crippen molar-refractivity contribution in [2.45, 2.75) is 51.7 Å². The number of aliphatic hydroxyl groups excluding tert-OH is 1. The third kappa shape index (κ3) is 4.59. The summed E-state index contributed by atoms with van der Waals surface area (Å²) in [6, 6.07) is 3.16. The predicted molar refractivity (Wildman–Crippen MR) is 115 cm³/mol. The van der Waals surface area contributed by atoms with E-state index in [0.29, 0.717) is 61.6 Å². The molecule has 0 amide bonds. The number of piperidine rings is 1. The minimum atomic E-state index is -0.702. The largest absolute Gasteiger partial charge is 0.411 e. The van der Waals surface area contributed by atoms with Crippen molar-refractivity contribution in [2.75, 3.05) is 19.6 Å². The van der Waals surface area contributed by atoms with Crippen LogP contribution in [0, 0.1) is 24.5 Å². The van der Waals surface area contributed by atoms with Crippen molar-refractivity contribution in [2.24, 2.45) is 11.1 Å². The van der Waals surface area contributed by atoms with Gasteiger partial charge in [-0.15, -0.1) is 0 Å². The first-order chi connectivity index (χ1) is 15.4. The average molecular weight is 446 g/mol. The molecule has 0 spiro atoms. The monoisotopic (exact) mass is 446 g/mol. The molecule has 2 aliphatic rings. The molecule has 0 saturated carbocycles. The quantitative estimate of drug-likeness (QED) is 0.419. The molecule has 1 unspecified atom stereocenters. The number of rotatable bonds is 5. The summed E-state index contributed by atoms with van der Waals surface area (Å²) in [7, 11) is 0. The number of aromatic nitrogens is 2. The number of hydrogen-bond acceptors (Lipinski definition) is 6. The van der Waals surface area contributed by atoms with E-state index in [2.05, 4.69) is 15.0 Å². The molecule has 0 aliphatic carbocycles. The SMILES string of the molecule is Cc1nc2n(c(=O)c1CCN1CCC(/C(=N/O)c3cc(F)cc(F)c3)CC1)CCCC2O. The van der Waals surface area contributed by atoms with E-state index in [1.165, 1.54) is 12.1 Å². The molecule has 1 aromatic carbocycles. The van der Waals surface area contributed by atoms with Gasteiger partial charge in [0, 0.05) is 41.9 Å². The molecule has 1 aromatic heterocycles. The Labute approximate surface area is 185 Å². The molecule has 1 fully saturated rings.